The van der Waals surface area contributed by atoms with Gasteiger partial charge in [-0.05, 0) is 24.6 Å². The Hall–Kier alpha value is -3.68. The molecule has 1 N–H and O–H groups in total. The highest BCUT2D eigenvalue weighted by molar-refractivity contribution is 5.95. The summed E-state index contributed by atoms with van der Waals surface area (Å²) >= 11 is 0. The van der Waals surface area contributed by atoms with E-state index >= 15 is 0 Å². The molecule has 1 saturated heterocycles. The second kappa shape index (κ2) is 8.55. The SMILES string of the molecule is O=C(COc1cccc(N2CCCC2=O)c1)NCc1cccnc1-n1ccnc1. The zero-order valence-electron chi connectivity index (χ0n) is 15.8. The van der Waals surface area contributed by atoms with Crippen molar-refractivity contribution in [2.24, 2.45) is 0 Å². The molecule has 0 saturated carbocycles. The van der Waals surface area contributed by atoms with Gasteiger partial charge in [0.25, 0.3) is 5.91 Å². The Morgan fingerprint density at radius 2 is 2.14 bits per heavy atom. The van der Waals surface area contributed by atoms with Crippen molar-refractivity contribution < 1.29 is 14.3 Å². The van der Waals surface area contributed by atoms with E-state index in [2.05, 4.69) is 15.3 Å². The number of carbonyl (C=O) groups excluding carboxylic acids is 2. The monoisotopic (exact) mass is 391 g/mol. The second-order valence-corrected chi connectivity index (χ2v) is 6.67. The fraction of sp³-hybridized carbons (Fsp3) is 0.238. The van der Waals surface area contributed by atoms with Crippen LogP contribution in [0.1, 0.15) is 18.4 Å². The van der Waals surface area contributed by atoms with Gasteiger partial charge in [0.15, 0.2) is 6.61 Å². The average Bonchev–Trinajstić information content (AvgIpc) is 3.43. The van der Waals surface area contributed by atoms with Crippen LogP contribution in [0.3, 0.4) is 0 Å². The minimum atomic E-state index is -0.243. The van der Waals surface area contributed by atoms with Crippen LogP contribution in [0.15, 0.2) is 61.3 Å². The highest BCUT2D eigenvalue weighted by atomic mass is 16.5. The molecule has 0 radical (unpaired) electrons. The van der Waals surface area contributed by atoms with Crippen LogP contribution < -0.4 is 15.0 Å². The zero-order chi connectivity index (χ0) is 20.1. The molecule has 3 heterocycles. The number of pyridine rings is 1. The Morgan fingerprint density at radius 1 is 1.21 bits per heavy atom. The molecule has 1 aliphatic heterocycles. The molecule has 2 aromatic heterocycles. The molecule has 29 heavy (non-hydrogen) atoms. The first kappa shape index (κ1) is 18.7. The van der Waals surface area contributed by atoms with Crippen LogP contribution in [0, 0.1) is 0 Å². The summed E-state index contributed by atoms with van der Waals surface area (Å²) in [4.78, 5) is 34.3. The quantitative estimate of drug-likeness (QED) is 0.666. The van der Waals surface area contributed by atoms with Crippen LogP contribution in [0.25, 0.3) is 5.82 Å². The minimum Gasteiger partial charge on any atom is -0.484 e. The number of nitrogens with one attached hydrogen (secondary N) is 1. The third-order valence-electron chi connectivity index (χ3n) is 4.67. The summed E-state index contributed by atoms with van der Waals surface area (Å²) in [5, 5.41) is 2.85. The van der Waals surface area contributed by atoms with Crippen molar-refractivity contribution >= 4 is 17.5 Å². The van der Waals surface area contributed by atoms with E-state index in [4.69, 9.17) is 4.74 Å². The maximum Gasteiger partial charge on any atom is 0.258 e. The fourth-order valence-electron chi connectivity index (χ4n) is 3.24. The van der Waals surface area contributed by atoms with Crippen molar-refractivity contribution in [3.63, 3.8) is 0 Å². The molecule has 1 fully saturated rings. The molecule has 0 atom stereocenters. The first-order valence-corrected chi connectivity index (χ1v) is 9.43. The summed E-state index contributed by atoms with van der Waals surface area (Å²) in [5.41, 5.74) is 1.67. The van der Waals surface area contributed by atoms with Crippen LogP contribution in [0.2, 0.25) is 0 Å². The molecule has 4 rings (SSSR count). The molecular weight excluding hydrogens is 370 g/mol. The Kier molecular flexibility index (Phi) is 5.51. The highest BCUT2D eigenvalue weighted by Gasteiger charge is 2.21. The number of rotatable bonds is 7. The molecule has 8 nitrogen and oxygen atoms in total. The summed E-state index contributed by atoms with van der Waals surface area (Å²) in [7, 11) is 0. The number of anilines is 1. The van der Waals surface area contributed by atoms with Crippen molar-refractivity contribution in [2.45, 2.75) is 19.4 Å². The van der Waals surface area contributed by atoms with Gasteiger partial charge in [-0.25, -0.2) is 9.97 Å². The van der Waals surface area contributed by atoms with Gasteiger partial charge >= 0.3 is 0 Å². The topological polar surface area (TPSA) is 89.4 Å². The molecule has 2 amide bonds. The summed E-state index contributed by atoms with van der Waals surface area (Å²) in [6.07, 6.45) is 8.27. The maximum absolute atomic E-state index is 12.2. The molecule has 3 aromatic rings. The zero-order valence-corrected chi connectivity index (χ0v) is 15.8. The fourth-order valence-corrected chi connectivity index (χ4v) is 3.24. The lowest BCUT2D eigenvalue weighted by molar-refractivity contribution is -0.123. The average molecular weight is 391 g/mol. The number of hydrogen-bond donors (Lipinski definition) is 1. The Bertz CT molecular complexity index is 1000. The molecular formula is C21H21N5O3. The van der Waals surface area contributed by atoms with Gasteiger partial charge in [-0.2, -0.15) is 0 Å². The Morgan fingerprint density at radius 3 is 2.93 bits per heavy atom. The van der Waals surface area contributed by atoms with E-state index in [1.807, 2.05) is 24.3 Å². The lowest BCUT2D eigenvalue weighted by atomic mass is 10.2. The van der Waals surface area contributed by atoms with E-state index < -0.39 is 0 Å². The number of amides is 2. The van der Waals surface area contributed by atoms with E-state index in [-0.39, 0.29) is 18.4 Å². The largest absolute Gasteiger partial charge is 0.484 e. The molecule has 0 aliphatic carbocycles. The van der Waals surface area contributed by atoms with Crippen molar-refractivity contribution in [2.75, 3.05) is 18.1 Å². The maximum atomic E-state index is 12.2. The Labute approximate surface area is 168 Å². The number of aromatic nitrogens is 3. The number of hydrogen-bond acceptors (Lipinski definition) is 5. The van der Waals surface area contributed by atoms with Gasteiger partial charge in [0.05, 0.1) is 0 Å². The number of imidazole rings is 1. The predicted octanol–water partition coefficient (Wildman–Crippen LogP) is 2.09. The number of benzene rings is 1. The molecule has 0 unspecified atom stereocenters. The van der Waals surface area contributed by atoms with Crippen molar-refractivity contribution in [3.8, 4) is 11.6 Å². The summed E-state index contributed by atoms with van der Waals surface area (Å²) in [5.74, 6) is 1.14. The lowest BCUT2D eigenvalue weighted by Gasteiger charge is -2.16. The molecule has 0 spiro atoms. The van der Waals surface area contributed by atoms with Gasteiger partial charge in [-0.15, -0.1) is 0 Å². The van der Waals surface area contributed by atoms with E-state index in [9.17, 15) is 9.59 Å². The first-order chi connectivity index (χ1) is 14.2. The van der Waals surface area contributed by atoms with Crippen LogP contribution in [0.5, 0.6) is 5.75 Å². The van der Waals surface area contributed by atoms with Crippen LogP contribution in [-0.4, -0.2) is 39.5 Å². The van der Waals surface area contributed by atoms with E-state index in [1.54, 1.807) is 46.5 Å². The van der Waals surface area contributed by atoms with E-state index in [0.717, 1.165) is 17.7 Å². The second-order valence-electron chi connectivity index (χ2n) is 6.67. The van der Waals surface area contributed by atoms with Crippen LogP contribution in [0.4, 0.5) is 5.69 Å². The number of ether oxygens (including phenoxy) is 1. The Balaban J connectivity index is 1.33. The van der Waals surface area contributed by atoms with E-state index in [0.29, 0.717) is 31.1 Å². The summed E-state index contributed by atoms with van der Waals surface area (Å²) in [6, 6.07) is 11.0. The van der Waals surface area contributed by atoms with Crippen LogP contribution >= 0.6 is 0 Å². The smallest absolute Gasteiger partial charge is 0.258 e. The van der Waals surface area contributed by atoms with Crippen LogP contribution in [-0.2, 0) is 16.1 Å². The van der Waals surface area contributed by atoms with Gasteiger partial charge in [-0.3, -0.25) is 14.2 Å². The first-order valence-electron chi connectivity index (χ1n) is 9.43. The highest BCUT2D eigenvalue weighted by Crippen LogP contribution is 2.25. The minimum absolute atomic E-state index is 0.113. The third kappa shape index (κ3) is 4.43. The van der Waals surface area contributed by atoms with Gasteiger partial charge in [0.2, 0.25) is 5.91 Å². The van der Waals surface area contributed by atoms with Crippen molar-refractivity contribution in [1.82, 2.24) is 19.9 Å². The lowest BCUT2D eigenvalue weighted by Crippen LogP contribution is -2.29. The molecule has 148 valence electrons. The molecule has 1 aliphatic rings. The number of nitrogens with zero attached hydrogens (tertiary/aromatic N) is 4. The predicted molar refractivity (Wildman–Crippen MR) is 107 cm³/mol. The third-order valence-corrected chi connectivity index (χ3v) is 4.67. The molecule has 0 bridgehead atoms. The molecule has 8 heteroatoms. The summed E-state index contributed by atoms with van der Waals surface area (Å²) < 4.78 is 7.41. The van der Waals surface area contributed by atoms with Crippen molar-refractivity contribution in [3.05, 3.63) is 66.9 Å². The summed E-state index contributed by atoms with van der Waals surface area (Å²) in [6.45, 7) is 0.928. The normalized spacial score (nSPS) is 13.5. The van der Waals surface area contributed by atoms with Gasteiger partial charge in [-0.1, -0.05) is 12.1 Å². The number of carbonyl (C=O) groups is 2. The van der Waals surface area contributed by atoms with Gasteiger partial charge < -0.3 is 15.0 Å². The van der Waals surface area contributed by atoms with E-state index in [1.165, 1.54) is 0 Å². The van der Waals surface area contributed by atoms with Gasteiger partial charge in [0.1, 0.15) is 17.9 Å². The molecule has 1 aromatic carbocycles. The van der Waals surface area contributed by atoms with Gasteiger partial charge in [0, 0.05) is 55.4 Å². The standard InChI is InChI=1S/C21H21N5O3/c27-19(24-13-16-4-2-8-23-21(16)25-11-9-22-15-25)14-29-18-6-1-5-17(12-18)26-10-3-7-20(26)28/h1-2,4-6,8-9,11-12,15H,3,7,10,13-14H2,(H,24,27). The van der Waals surface area contributed by atoms with Crippen molar-refractivity contribution in [1.29, 1.82) is 0 Å².